The Labute approximate surface area is 125 Å². The Morgan fingerprint density at radius 2 is 2.10 bits per heavy atom. The van der Waals surface area contributed by atoms with Crippen molar-refractivity contribution in [3.8, 4) is 0 Å². The number of aryl methyl sites for hydroxylation is 1. The van der Waals surface area contributed by atoms with Crippen molar-refractivity contribution in [3.63, 3.8) is 0 Å². The van der Waals surface area contributed by atoms with E-state index in [1.54, 1.807) is 25.3 Å². The topological polar surface area (TPSA) is 98.0 Å². The maximum atomic E-state index is 12.1. The molecule has 0 radical (unpaired) electrons. The molecule has 0 saturated heterocycles. The fourth-order valence-corrected chi connectivity index (χ4v) is 2.83. The molecule has 20 heavy (non-hydrogen) atoms. The lowest BCUT2D eigenvalue weighted by molar-refractivity contribution is 0.580. The second-order valence-corrected chi connectivity index (χ2v) is 6.72. The molecule has 0 aliphatic carbocycles. The molecule has 0 aliphatic rings. The van der Waals surface area contributed by atoms with Gasteiger partial charge in [0.05, 0.1) is 17.1 Å². The molecule has 2 rings (SSSR count). The van der Waals surface area contributed by atoms with Crippen molar-refractivity contribution in [2.24, 2.45) is 0 Å². The highest BCUT2D eigenvalue weighted by atomic mass is 79.9. The van der Waals surface area contributed by atoms with Gasteiger partial charge in [0.15, 0.2) is 0 Å². The smallest absolute Gasteiger partial charge is 0.240 e. The van der Waals surface area contributed by atoms with E-state index in [2.05, 4.69) is 30.6 Å². The summed E-state index contributed by atoms with van der Waals surface area (Å²) in [7, 11) is -3.62. The van der Waals surface area contributed by atoms with Crippen LogP contribution in [0.5, 0.6) is 0 Å². The van der Waals surface area contributed by atoms with Crippen molar-refractivity contribution < 1.29 is 8.42 Å². The number of rotatable bonds is 4. The predicted molar refractivity (Wildman–Crippen MR) is 79.3 cm³/mol. The highest BCUT2D eigenvalue weighted by Crippen LogP contribution is 2.22. The molecule has 6 nitrogen and oxygen atoms in total. The lowest BCUT2D eigenvalue weighted by atomic mass is 10.3. The van der Waals surface area contributed by atoms with Crippen molar-refractivity contribution >= 4 is 31.6 Å². The molecule has 0 unspecified atom stereocenters. The van der Waals surface area contributed by atoms with Crippen LogP contribution in [0.15, 0.2) is 39.8 Å². The van der Waals surface area contributed by atoms with E-state index in [0.717, 1.165) is 0 Å². The molecule has 0 spiro atoms. The van der Waals surface area contributed by atoms with Crippen molar-refractivity contribution in [3.05, 3.63) is 46.5 Å². The van der Waals surface area contributed by atoms with Gasteiger partial charge >= 0.3 is 0 Å². The zero-order valence-electron chi connectivity index (χ0n) is 10.7. The SMILES string of the molecule is Cc1nccc(CNS(=O)(=O)c2ccc(Br)c(N)c2)n1. The summed E-state index contributed by atoms with van der Waals surface area (Å²) in [6, 6.07) is 6.13. The number of halogens is 1. The first-order valence-electron chi connectivity index (χ1n) is 5.72. The van der Waals surface area contributed by atoms with Gasteiger partial charge < -0.3 is 5.73 Å². The first-order chi connectivity index (χ1) is 9.38. The van der Waals surface area contributed by atoms with E-state index in [-0.39, 0.29) is 11.4 Å². The minimum absolute atomic E-state index is 0.0989. The van der Waals surface area contributed by atoms with Crippen LogP contribution in [0.25, 0.3) is 0 Å². The number of hydrogen-bond donors (Lipinski definition) is 2. The van der Waals surface area contributed by atoms with Gasteiger partial charge in [0.2, 0.25) is 10.0 Å². The molecule has 0 aliphatic heterocycles. The molecular formula is C12H13BrN4O2S. The normalized spacial score (nSPS) is 11.5. The first-order valence-corrected chi connectivity index (χ1v) is 7.99. The molecule has 106 valence electrons. The molecule has 1 aromatic heterocycles. The fraction of sp³-hybridized carbons (Fsp3) is 0.167. The predicted octanol–water partition coefficient (Wildman–Crippen LogP) is 1.61. The molecule has 0 amide bonds. The van der Waals surface area contributed by atoms with Crippen LogP contribution in [0.1, 0.15) is 11.5 Å². The van der Waals surface area contributed by atoms with Gasteiger partial charge in [0.25, 0.3) is 0 Å². The molecule has 0 fully saturated rings. The van der Waals surface area contributed by atoms with E-state index in [9.17, 15) is 8.42 Å². The highest BCUT2D eigenvalue weighted by molar-refractivity contribution is 9.10. The minimum Gasteiger partial charge on any atom is -0.398 e. The van der Waals surface area contributed by atoms with Crippen LogP contribution in [0.3, 0.4) is 0 Å². The monoisotopic (exact) mass is 356 g/mol. The van der Waals surface area contributed by atoms with Gasteiger partial charge in [-0.15, -0.1) is 0 Å². The molecule has 0 atom stereocenters. The summed E-state index contributed by atoms with van der Waals surface area (Å²) in [5, 5.41) is 0. The van der Waals surface area contributed by atoms with Crippen LogP contribution in [-0.4, -0.2) is 18.4 Å². The quantitative estimate of drug-likeness (QED) is 0.810. The van der Waals surface area contributed by atoms with Gasteiger partial charge in [0, 0.05) is 16.4 Å². The standard InChI is InChI=1S/C12H13BrN4O2S/c1-8-15-5-4-9(17-8)7-16-20(18,19)10-2-3-11(13)12(14)6-10/h2-6,16H,7,14H2,1H3. The zero-order chi connectivity index (χ0) is 14.8. The highest BCUT2D eigenvalue weighted by Gasteiger charge is 2.15. The van der Waals surface area contributed by atoms with Crippen molar-refractivity contribution in [2.45, 2.75) is 18.4 Å². The summed E-state index contributed by atoms with van der Waals surface area (Å²) < 4.78 is 27.4. The number of benzene rings is 1. The van der Waals surface area contributed by atoms with Crippen LogP contribution in [0.4, 0.5) is 5.69 Å². The van der Waals surface area contributed by atoms with Gasteiger partial charge in [-0.3, -0.25) is 0 Å². The van der Waals surface area contributed by atoms with E-state index in [1.807, 2.05) is 0 Å². The Morgan fingerprint density at radius 1 is 1.35 bits per heavy atom. The van der Waals surface area contributed by atoms with E-state index in [0.29, 0.717) is 21.7 Å². The van der Waals surface area contributed by atoms with E-state index in [4.69, 9.17) is 5.73 Å². The molecule has 2 aromatic rings. The number of hydrogen-bond acceptors (Lipinski definition) is 5. The average molecular weight is 357 g/mol. The number of nitrogen functional groups attached to an aromatic ring is 1. The average Bonchev–Trinajstić information content (AvgIpc) is 2.40. The third kappa shape index (κ3) is 3.53. The largest absolute Gasteiger partial charge is 0.398 e. The van der Waals surface area contributed by atoms with E-state index in [1.165, 1.54) is 12.1 Å². The fourth-order valence-electron chi connectivity index (χ4n) is 1.54. The van der Waals surface area contributed by atoms with Crippen molar-refractivity contribution in [2.75, 3.05) is 5.73 Å². The Bertz CT molecular complexity index is 734. The molecule has 3 N–H and O–H groups in total. The summed E-state index contributed by atoms with van der Waals surface area (Å²) in [4.78, 5) is 8.20. The molecule has 1 heterocycles. The number of nitrogens with two attached hydrogens (primary N) is 1. The molecule has 1 aromatic carbocycles. The van der Waals surface area contributed by atoms with Gasteiger partial charge in [-0.05, 0) is 47.1 Å². The lowest BCUT2D eigenvalue weighted by Crippen LogP contribution is -2.24. The van der Waals surface area contributed by atoms with Gasteiger partial charge in [-0.25, -0.2) is 23.1 Å². The van der Waals surface area contributed by atoms with Gasteiger partial charge in [-0.2, -0.15) is 0 Å². The maximum absolute atomic E-state index is 12.1. The molecule has 0 bridgehead atoms. The van der Waals surface area contributed by atoms with Crippen molar-refractivity contribution in [1.82, 2.24) is 14.7 Å². The minimum atomic E-state index is -3.62. The second kappa shape index (κ2) is 5.86. The second-order valence-electron chi connectivity index (χ2n) is 4.10. The summed E-state index contributed by atoms with van der Waals surface area (Å²) in [5.41, 5.74) is 6.65. The third-order valence-corrected chi connectivity index (χ3v) is 4.68. The lowest BCUT2D eigenvalue weighted by Gasteiger charge is -2.08. The number of sulfonamides is 1. The first kappa shape index (κ1) is 14.9. The maximum Gasteiger partial charge on any atom is 0.240 e. The van der Waals surface area contributed by atoms with Crippen LogP contribution < -0.4 is 10.5 Å². The number of nitrogens with zero attached hydrogens (tertiary/aromatic N) is 2. The van der Waals surface area contributed by atoms with E-state index < -0.39 is 10.0 Å². The third-order valence-electron chi connectivity index (χ3n) is 2.55. The number of anilines is 1. The summed E-state index contributed by atoms with van der Waals surface area (Å²) in [5.74, 6) is 0.592. The zero-order valence-corrected chi connectivity index (χ0v) is 13.1. The van der Waals surface area contributed by atoms with E-state index >= 15 is 0 Å². The van der Waals surface area contributed by atoms with Crippen LogP contribution in [-0.2, 0) is 16.6 Å². The Balaban J connectivity index is 2.17. The number of aromatic nitrogens is 2. The summed E-state index contributed by atoms with van der Waals surface area (Å²) in [6.07, 6.45) is 1.59. The Kier molecular flexibility index (Phi) is 4.36. The Hall–Kier alpha value is -1.51. The van der Waals surface area contributed by atoms with Crippen LogP contribution in [0.2, 0.25) is 0 Å². The van der Waals surface area contributed by atoms with Crippen molar-refractivity contribution in [1.29, 1.82) is 0 Å². The molecule has 0 saturated carbocycles. The van der Waals surface area contributed by atoms with Gasteiger partial charge in [-0.1, -0.05) is 0 Å². The summed E-state index contributed by atoms with van der Waals surface area (Å²) in [6.45, 7) is 1.84. The molecular weight excluding hydrogens is 344 g/mol. The van der Waals surface area contributed by atoms with Crippen LogP contribution in [0, 0.1) is 6.92 Å². The number of nitrogens with one attached hydrogen (secondary N) is 1. The van der Waals surface area contributed by atoms with Gasteiger partial charge in [0.1, 0.15) is 5.82 Å². The summed E-state index contributed by atoms with van der Waals surface area (Å²) >= 11 is 3.22. The molecule has 8 heteroatoms. The van der Waals surface area contributed by atoms with Crippen LogP contribution >= 0.6 is 15.9 Å². The Morgan fingerprint density at radius 3 is 2.75 bits per heavy atom.